The summed E-state index contributed by atoms with van der Waals surface area (Å²) < 4.78 is 44.7. The minimum Gasteiger partial charge on any atom is -0.467 e. The molecule has 6 aliphatic rings. The van der Waals surface area contributed by atoms with Crippen molar-refractivity contribution in [2.45, 2.75) is 148 Å². The standard InChI is InChI=1S/C20H34N4O4.C19H30N4O6/c1-3-7-19(25)28-20-14(2)16-8-5-4-6-9-26-13-18(20)27-17(16)12-24-11-15(10-21)22-23-24;1-13(25)28-19-16(10-27-12-24)15-5-3-2-4-6-26-11-18(19)29-17(15)9-23-8-14(7-20)21-22-23/h11,14,16-18,20H,3-10,12-13,21H2,1-2H3;8,12,15-19H,2-7,9-11,20H2,1H3. The van der Waals surface area contributed by atoms with E-state index in [0.717, 1.165) is 70.1 Å². The molecule has 2 aromatic rings. The van der Waals surface area contributed by atoms with Crippen molar-refractivity contribution in [2.24, 2.45) is 35.1 Å². The van der Waals surface area contributed by atoms with E-state index in [1.807, 2.05) is 17.8 Å². The van der Waals surface area contributed by atoms with Crippen LogP contribution in [0.4, 0.5) is 0 Å². The number of ether oxygens (including phenoxy) is 7. The summed E-state index contributed by atoms with van der Waals surface area (Å²) in [6.45, 7) is 10.0. The molecule has 0 radical (unpaired) electrons. The fourth-order valence-electron chi connectivity index (χ4n) is 8.65. The fourth-order valence-corrected chi connectivity index (χ4v) is 8.65. The van der Waals surface area contributed by atoms with Gasteiger partial charge >= 0.3 is 11.9 Å². The molecular formula is C39H64N8O10. The van der Waals surface area contributed by atoms with Crippen LogP contribution in [-0.2, 0) is 73.7 Å². The average molecular weight is 805 g/mol. The Balaban J connectivity index is 0.000000218. The third-order valence-corrected chi connectivity index (χ3v) is 11.5. The van der Waals surface area contributed by atoms with Gasteiger partial charge in [-0.3, -0.25) is 14.4 Å². The third kappa shape index (κ3) is 13.0. The molecule has 8 heterocycles. The molecule has 0 aliphatic carbocycles. The molecule has 18 heteroatoms. The zero-order valence-electron chi connectivity index (χ0n) is 33.9. The first-order valence-corrected chi connectivity index (χ1v) is 20.8. The summed E-state index contributed by atoms with van der Waals surface area (Å²) >= 11 is 0. The Morgan fingerprint density at radius 3 is 1.91 bits per heavy atom. The van der Waals surface area contributed by atoms with Crippen molar-refractivity contribution in [2.75, 3.05) is 33.0 Å². The number of hydrogen-bond donors (Lipinski definition) is 2. The van der Waals surface area contributed by atoms with Gasteiger partial charge in [0.05, 0.1) is 56.5 Å². The van der Waals surface area contributed by atoms with Gasteiger partial charge in [0.2, 0.25) is 0 Å². The number of esters is 2. The van der Waals surface area contributed by atoms with E-state index in [0.29, 0.717) is 70.5 Å². The van der Waals surface area contributed by atoms with Crippen LogP contribution in [0.5, 0.6) is 0 Å². The maximum atomic E-state index is 12.2. The maximum Gasteiger partial charge on any atom is 0.306 e. The summed E-state index contributed by atoms with van der Waals surface area (Å²) in [5.74, 6) is -0.214. The summed E-state index contributed by atoms with van der Waals surface area (Å²) in [6.07, 6.45) is 11.4. The minimum atomic E-state index is -0.540. The molecule has 6 saturated heterocycles. The van der Waals surface area contributed by atoms with Crippen molar-refractivity contribution in [1.29, 1.82) is 0 Å². The summed E-state index contributed by atoms with van der Waals surface area (Å²) in [4.78, 5) is 34.9. The van der Waals surface area contributed by atoms with Crippen LogP contribution in [0.25, 0.3) is 0 Å². The molecular weight excluding hydrogens is 740 g/mol. The SMILES string of the molecule is CC(=O)OC1C2COCCCCCC(C(Cn3cc(CN)nn3)O2)C1COC=O.CCCC(=O)OC1C2COCCCCCC(C(Cn3cc(CN)nn3)O2)C1C. The molecule has 0 aromatic carbocycles. The topological polar surface area (TPSA) is 229 Å². The lowest BCUT2D eigenvalue weighted by Crippen LogP contribution is -2.56. The Morgan fingerprint density at radius 2 is 1.39 bits per heavy atom. The van der Waals surface area contributed by atoms with Crippen LogP contribution in [0.3, 0.4) is 0 Å². The molecule has 18 nitrogen and oxygen atoms in total. The molecule has 2 aromatic heterocycles. The molecule has 10 atom stereocenters. The Morgan fingerprint density at radius 1 is 0.825 bits per heavy atom. The molecule has 6 fully saturated rings. The van der Waals surface area contributed by atoms with Crippen molar-refractivity contribution in [1.82, 2.24) is 30.0 Å². The van der Waals surface area contributed by atoms with Gasteiger partial charge in [-0.05, 0) is 43.9 Å². The van der Waals surface area contributed by atoms with Crippen LogP contribution >= 0.6 is 0 Å². The van der Waals surface area contributed by atoms with Gasteiger partial charge in [0.15, 0.2) is 0 Å². The third-order valence-electron chi connectivity index (χ3n) is 11.5. The van der Waals surface area contributed by atoms with E-state index in [4.69, 9.17) is 44.6 Å². The number of carbonyl (C=O) groups excluding carboxylic acids is 3. The Hall–Kier alpha value is -3.55. The lowest BCUT2D eigenvalue weighted by Gasteiger charge is -2.46. The highest BCUT2D eigenvalue weighted by atomic mass is 16.6. The summed E-state index contributed by atoms with van der Waals surface area (Å²) in [5, 5.41) is 16.5. The predicted molar refractivity (Wildman–Crippen MR) is 204 cm³/mol. The maximum absolute atomic E-state index is 12.2. The van der Waals surface area contributed by atoms with Crippen LogP contribution < -0.4 is 11.5 Å². The van der Waals surface area contributed by atoms with Gasteiger partial charge in [0, 0.05) is 63.9 Å². The highest BCUT2D eigenvalue weighted by Crippen LogP contribution is 2.39. The quantitative estimate of drug-likeness (QED) is 0.168. The van der Waals surface area contributed by atoms with Crippen LogP contribution in [0.2, 0.25) is 0 Å². The molecule has 0 saturated carbocycles. The number of nitrogens with zero attached hydrogens (tertiary/aromatic N) is 6. The molecule has 0 spiro atoms. The summed E-state index contributed by atoms with van der Waals surface area (Å²) in [5.41, 5.74) is 12.8. The second-order valence-electron chi connectivity index (χ2n) is 15.6. The van der Waals surface area contributed by atoms with E-state index in [-0.39, 0.29) is 54.7 Å². The smallest absolute Gasteiger partial charge is 0.306 e. The van der Waals surface area contributed by atoms with Gasteiger partial charge in [-0.1, -0.05) is 50.0 Å². The second-order valence-corrected chi connectivity index (χ2v) is 15.6. The minimum absolute atomic E-state index is 0.0184. The lowest BCUT2D eigenvalue weighted by atomic mass is 9.76. The van der Waals surface area contributed by atoms with E-state index < -0.39 is 18.2 Å². The highest BCUT2D eigenvalue weighted by molar-refractivity contribution is 5.69. The molecule has 8 rings (SSSR count). The van der Waals surface area contributed by atoms with E-state index in [1.54, 1.807) is 10.9 Å². The number of nitrogens with two attached hydrogens (primary N) is 2. The van der Waals surface area contributed by atoms with Crippen LogP contribution in [-0.4, -0.2) is 118 Å². The van der Waals surface area contributed by atoms with E-state index >= 15 is 0 Å². The van der Waals surface area contributed by atoms with Gasteiger partial charge in [-0.2, -0.15) is 0 Å². The van der Waals surface area contributed by atoms with Gasteiger partial charge in [0.1, 0.15) is 24.4 Å². The second kappa shape index (κ2) is 23.1. The lowest BCUT2D eigenvalue weighted by molar-refractivity contribution is -0.218. The summed E-state index contributed by atoms with van der Waals surface area (Å²) in [7, 11) is 0. The first-order chi connectivity index (χ1) is 27.7. The van der Waals surface area contributed by atoms with Crippen LogP contribution in [0.1, 0.15) is 96.4 Å². The van der Waals surface area contributed by atoms with Gasteiger partial charge < -0.3 is 44.6 Å². The zero-order chi connectivity index (χ0) is 40.6. The van der Waals surface area contributed by atoms with E-state index in [2.05, 4.69) is 27.5 Å². The number of hydrogen-bond acceptors (Lipinski definition) is 16. The number of fused-ring (bicyclic) bond motifs is 16. The highest BCUT2D eigenvalue weighted by Gasteiger charge is 2.48. The first kappa shape index (κ1) is 44.6. The van der Waals surface area contributed by atoms with Crippen molar-refractivity contribution < 1.29 is 47.5 Å². The number of aromatic nitrogens is 6. The first-order valence-electron chi connectivity index (χ1n) is 20.8. The summed E-state index contributed by atoms with van der Waals surface area (Å²) in [6, 6.07) is 0. The average Bonchev–Trinajstić information content (AvgIpc) is 3.83. The van der Waals surface area contributed by atoms with Crippen molar-refractivity contribution in [3.63, 3.8) is 0 Å². The monoisotopic (exact) mass is 804 g/mol. The molecule has 4 N–H and O–H groups in total. The molecule has 4 bridgehead atoms. The van der Waals surface area contributed by atoms with Crippen molar-refractivity contribution >= 4 is 18.4 Å². The van der Waals surface area contributed by atoms with Crippen LogP contribution in [0.15, 0.2) is 12.4 Å². The van der Waals surface area contributed by atoms with Gasteiger partial charge in [0.25, 0.3) is 6.47 Å². The Labute approximate surface area is 335 Å². The normalized spacial score (nSPS) is 30.8. The van der Waals surface area contributed by atoms with Crippen LogP contribution in [0, 0.1) is 23.7 Å². The molecule has 57 heavy (non-hydrogen) atoms. The Bertz CT molecular complexity index is 1510. The largest absolute Gasteiger partial charge is 0.467 e. The van der Waals surface area contributed by atoms with Crippen molar-refractivity contribution in [3.05, 3.63) is 23.8 Å². The number of rotatable bonds is 13. The van der Waals surface area contributed by atoms with Gasteiger partial charge in [-0.15, -0.1) is 10.2 Å². The Kier molecular flexibility index (Phi) is 18.1. The zero-order valence-corrected chi connectivity index (χ0v) is 33.9. The predicted octanol–water partition coefficient (Wildman–Crippen LogP) is 2.49. The molecule has 10 unspecified atom stereocenters. The van der Waals surface area contributed by atoms with E-state index in [9.17, 15) is 14.4 Å². The van der Waals surface area contributed by atoms with E-state index in [1.165, 1.54) is 6.92 Å². The van der Waals surface area contributed by atoms with Crippen molar-refractivity contribution in [3.8, 4) is 0 Å². The molecule has 6 aliphatic heterocycles. The van der Waals surface area contributed by atoms with Gasteiger partial charge in [-0.25, -0.2) is 9.36 Å². The fraction of sp³-hybridized carbons (Fsp3) is 0.821. The molecule has 0 amide bonds. The number of carbonyl (C=O) groups is 3. The molecule has 320 valence electrons.